The molecular formula is C15H19N3O2S. The van der Waals surface area contributed by atoms with Crippen molar-refractivity contribution < 1.29 is 4.79 Å². The molecule has 0 unspecified atom stereocenters. The number of carbonyl (C=O) groups excluding carboxylic acids is 1. The monoisotopic (exact) mass is 305 g/mol. The minimum absolute atomic E-state index is 0.0703. The standard InChI is InChI=1S/C15H19N3O2S/c1-10-13(14(20)18-7-8-21-15(18)16-10)17-12(19)9-11-5-3-2-4-6-11/h7-8,11H,2-6,9H2,1H3,(H,17,19). The van der Waals surface area contributed by atoms with Crippen molar-refractivity contribution in [1.29, 1.82) is 0 Å². The molecule has 1 aliphatic rings. The molecule has 1 aliphatic carbocycles. The molecule has 2 aromatic heterocycles. The Morgan fingerprint density at radius 1 is 1.43 bits per heavy atom. The fraction of sp³-hybridized carbons (Fsp3) is 0.533. The van der Waals surface area contributed by atoms with Crippen LogP contribution in [0.1, 0.15) is 44.2 Å². The number of fused-ring (bicyclic) bond motifs is 1. The molecular weight excluding hydrogens is 286 g/mol. The van der Waals surface area contributed by atoms with Gasteiger partial charge in [-0.3, -0.25) is 14.0 Å². The largest absolute Gasteiger partial charge is 0.320 e. The van der Waals surface area contributed by atoms with E-state index in [1.807, 2.05) is 5.38 Å². The highest BCUT2D eigenvalue weighted by Gasteiger charge is 2.19. The Labute approximate surface area is 127 Å². The van der Waals surface area contributed by atoms with Crippen molar-refractivity contribution in [3.63, 3.8) is 0 Å². The highest BCUT2D eigenvalue weighted by Crippen LogP contribution is 2.26. The van der Waals surface area contributed by atoms with E-state index < -0.39 is 0 Å². The Morgan fingerprint density at radius 3 is 2.95 bits per heavy atom. The van der Waals surface area contributed by atoms with Gasteiger partial charge in [0, 0.05) is 18.0 Å². The van der Waals surface area contributed by atoms with Crippen molar-refractivity contribution in [2.75, 3.05) is 5.32 Å². The Kier molecular flexibility index (Phi) is 4.05. The van der Waals surface area contributed by atoms with Crippen molar-refractivity contribution in [3.8, 4) is 0 Å². The van der Waals surface area contributed by atoms with Gasteiger partial charge in [-0.1, -0.05) is 19.3 Å². The highest BCUT2D eigenvalue weighted by molar-refractivity contribution is 7.15. The summed E-state index contributed by atoms with van der Waals surface area (Å²) >= 11 is 1.41. The number of aryl methyl sites for hydroxylation is 1. The Balaban J connectivity index is 1.77. The van der Waals surface area contributed by atoms with E-state index in [4.69, 9.17) is 0 Å². The third-order valence-electron chi connectivity index (χ3n) is 4.11. The average molecular weight is 305 g/mol. The number of aromatic nitrogens is 2. The Morgan fingerprint density at radius 2 is 2.19 bits per heavy atom. The maximum Gasteiger partial charge on any atom is 0.282 e. The van der Waals surface area contributed by atoms with Crippen LogP contribution >= 0.6 is 11.3 Å². The summed E-state index contributed by atoms with van der Waals surface area (Å²) in [5, 5.41) is 4.59. The smallest absolute Gasteiger partial charge is 0.282 e. The maximum absolute atomic E-state index is 12.4. The number of rotatable bonds is 3. The van der Waals surface area contributed by atoms with Crippen molar-refractivity contribution in [2.24, 2.45) is 5.92 Å². The number of anilines is 1. The second-order valence-corrected chi connectivity index (χ2v) is 6.56. The lowest BCUT2D eigenvalue weighted by molar-refractivity contribution is -0.117. The van der Waals surface area contributed by atoms with Crippen molar-refractivity contribution in [2.45, 2.75) is 45.4 Å². The molecule has 3 rings (SSSR count). The molecule has 2 aromatic rings. The van der Waals surface area contributed by atoms with Crippen LogP contribution in [0.3, 0.4) is 0 Å². The normalized spacial score (nSPS) is 16.2. The summed E-state index contributed by atoms with van der Waals surface area (Å²) < 4.78 is 1.48. The van der Waals surface area contributed by atoms with Crippen LogP contribution in [0, 0.1) is 12.8 Å². The molecule has 2 heterocycles. The Hall–Kier alpha value is -1.69. The molecule has 112 valence electrons. The van der Waals surface area contributed by atoms with E-state index in [0.717, 1.165) is 12.8 Å². The van der Waals surface area contributed by atoms with Crippen LogP contribution in [0.15, 0.2) is 16.4 Å². The second-order valence-electron chi connectivity index (χ2n) is 5.69. The molecule has 1 fully saturated rings. The van der Waals surface area contributed by atoms with Crippen LogP contribution in [0.5, 0.6) is 0 Å². The fourth-order valence-corrected chi connectivity index (χ4v) is 3.72. The van der Waals surface area contributed by atoms with E-state index in [1.165, 1.54) is 35.0 Å². The minimum atomic E-state index is -0.198. The van der Waals surface area contributed by atoms with E-state index in [2.05, 4.69) is 10.3 Å². The van der Waals surface area contributed by atoms with E-state index in [-0.39, 0.29) is 11.5 Å². The van der Waals surface area contributed by atoms with Gasteiger partial charge in [-0.2, -0.15) is 0 Å². The van der Waals surface area contributed by atoms with Gasteiger partial charge >= 0.3 is 0 Å². The first-order chi connectivity index (χ1) is 10.1. The number of carbonyl (C=O) groups is 1. The first kappa shape index (κ1) is 14.3. The lowest BCUT2D eigenvalue weighted by Gasteiger charge is -2.20. The molecule has 6 heteroatoms. The van der Waals surface area contributed by atoms with Gasteiger partial charge in [-0.25, -0.2) is 4.98 Å². The van der Waals surface area contributed by atoms with Gasteiger partial charge in [0.25, 0.3) is 5.56 Å². The van der Waals surface area contributed by atoms with E-state index in [9.17, 15) is 9.59 Å². The van der Waals surface area contributed by atoms with Crippen LogP contribution in [0.25, 0.3) is 4.96 Å². The summed E-state index contributed by atoms with van der Waals surface area (Å²) in [5.74, 6) is 0.388. The minimum Gasteiger partial charge on any atom is -0.320 e. The predicted molar refractivity (Wildman–Crippen MR) is 83.9 cm³/mol. The second kappa shape index (κ2) is 5.97. The van der Waals surface area contributed by atoms with Gasteiger partial charge < -0.3 is 5.32 Å². The zero-order valence-electron chi connectivity index (χ0n) is 12.1. The summed E-state index contributed by atoms with van der Waals surface area (Å²) in [7, 11) is 0. The molecule has 0 atom stereocenters. The number of hydrogen-bond acceptors (Lipinski definition) is 4. The van der Waals surface area contributed by atoms with Crippen LogP contribution in [-0.4, -0.2) is 15.3 Å². The van der Waals surface area contributed by atoms with E-state index in [0.29, 0.717) is 28.7 Å². The summed E-state index contributed by atoms with van der Waals surface area (Å²) in [6.07, 6.45) is 8.12. The highest BCUT2D eigenvalue weighted by atomic mass is 32.1. The van der Waals surface area contributed by atoms with Gasteiger partial charge in [-0.15, -0.1) is 11.3 Å². The Bertz CT molecular complexity index is 713. The molecule has 0 radical (unpaired) electrons. The predicted octanol–water partition coefficient (Wildman–Crippen LogP) is 2.97. The van der Waals surface area contributed by atoms with Crippen LogP contribution in [-0.2, 0) is 4.79 Å². The van der Waals surface area contributed by atoms with E-state index in [1.54, 1.807) is 13.1 Å². The molecule has 0 saturated heterocycles. The summed E-state index contributed by atoms with van der Waals surface area (Å²) in [5.41, 5.74) is 0.696. The average Bonchev–Trinajstić information content (AvgIpc) is 2.93. The number of nitrogens with zero attached hydrogens (tertiary/aromatic N) is 2. The van der Waals surface area contributed by atoms with Crippen molar-refractivity contribution in [1.82, 2.24) is 9.38 Å². The quantitative estimate of drug-likeness (QED) is 0.948. The number of thiazole rings is 1. The van der Waals surface area contributed by atoms with Gasteiger partial charge in [0.05, 0.1) is 5.69 Å². The summed E-state index contributed by atoms with van der Waals surface area (Å²) in [4.78, 5) is 29.5. The lowest BCUT2D eigenvalue weighted by atomic mass is 9.87. The zero-order valence-corrected chi connectivity index (χ0v) is 12.9. The molecule has 1 saturated carbocycles. The zero-order chi connectivity index (χ0) is 14.8. The molecule has 0 bridgehead atoms. The molecule has 0 spiro atoms. The van der Waals surface area contributed by atoms with Gasteiger partial charge in [0.2, 0.25) is 5.91 Å². The third-order valence-corrected chi connectivity index (χ3v) is 4.87. The summed E-state index contributed by atoms with van der Waals surface area (Å²) in [6.45, 7) is 1.76. The number of amides is 1. The first-order valence-electron chi connectivity index (χ1n) is 7.41. The lowest BCUT2D eigenvalue weighted by Crippen LogP contribution is -2.25. The van der Waals surface area contributed by atoms with Crippen LogP contribution in [0.4, 0.5) is 5.69 Å². The van der Waals surface area contributed by atoms with Crippen LogP contribution in [0.2, 0.25) is 0 Å². The maximum atomic E-state index is 12.4. The van der Waals surface area contributed by atoms with Crippen molar-refractivity contribution >= 4 is 27.9 Å². The number of nitrogens with one attached hydrogen (secondary N) is 1. The van der Waals surface area contributed by atoms with E-state index >= 15 is 0 Å². The number of hydrogen-bond donors (Lipinski definition) is 1. The molecule has 0 aromatic carbocycles. The SMILES string of the molecule is Cc1nc2sccn2c(=O)c1NC(=O)CC1CCCCC1. The molecule has 5 nitrogen and oxygen atoms in total. The van der Waals surface area contributed by atoms with Crippen LogP contribution < -0.4 is 10.9 Å². The van der Waals surface area contributed by atoms with Gasteiger partial charge in [-0.05, 0) is 25.7 Å². The molecule has 21 heavy (non-hydrogen) atoms. The molecule has 1 N–H and O–H groups in total. The van der Waals surface area contributed by atoms with Crippen molar-refractivity contribution in [3.05, 3.63) is 27.6 Å². The molecule has 0 aliphatic heterocycles. The molecule has 1 amide bonds. The van der Waals surface area contributed by atoms with Gasteiger partial charge in [0.1, 0.15) is 5.69 Å². The topological polar surface area (TPSA) is 63.5 Å². The summed E-state index contributed by atoms with van der Waals surface area (Å²) in [6, 6.07) is 0. The first-order valence-corrected chi connectivity index (χ1v) is 8.29. The fourth-order valence-electron chi connectivity index (χ4n) is 2.97. The third kappa shape index (κ3) is 3.00. The van der Waals surface area contributed by atoms with Gasteiger partial charge in [0.15, 0.2) is 4.96 Å².